The number of aromatic nitrogens is 5. The second-order valence-electron chi connectivity index (χ2n) is 9.58. The van der Waals surface area contributed by atoms with E-state index in [9.17, 15) is 4.79 Å². The summed E-state index contributed by atoms with van der Waals surface area (Å²) in [6, 6.07) is 11.9. The van der Waals surface area contributed by atoms with E-state index in [1.54, 1.807) is 23.2 Å². The number of rotatable bonds is 2. The van der Waals surface area contributed by atoms with Crippen molar-refractivity contribution in [3.05, 3.63) is 83.1 Å². The second kappa shape index (κ2) is 7.07. The van der Waals surface area contributed by atoms with Gasteiger partial charge in [-0.05, 0) is 29.5 Å². The number of hydrogen-bond acceptors (Lipinski definition) is 6. The van der Waals surface area contributed by atoms with E-state index in [2.05, 4.69) is 23.8 Å². The Hall–Kier alpha value is -3.87. The largest absolute Gasteiger partial charge is 0.442 e. The number of carbonyl (C=O) groups is 1. The van der Waals surface area contributed by atoms with Crippen LogP contribution < -0.4 is 4.74 Å². The minimum atomic E-state index is -0.355. The number of fused-ring (bicyclic) bond motifs is 3. The number of allylic oxidation sites excluding steroid dienone is 2. The highest BCUT2D eigenvalue weighted by molar-refractivity contribution is 6.00. The quantitative estimate of drug-likeness (QED) is 0.454. The highest BCUT2D eigenvalue weighted by atomic mass is 16.5. The molecule has 0 radical (unpaired) electrons. The Morgan fingerprint density at radius 1 is 1.12 bits per heavy atom. The third-order valence-corrected chi connectivity index (χ3v) is 6.47. The third-order valence-electron chi connectivity index (χ3n) is 6.47. The Morgan fingerprint density at radius 3 is 2.76 bits per heavy atom. The van der Waals surface area contributed by atoms with Gasteiger partial charge in [0.25, 0.3) is 0 Å². The minimum absolute atomic E-state index is 0.0985. The second-order valence-corrected chi connectivity index (χ2v) is 9.58. The number of hydrogen-bond donors (Lipinski definition) is 0. The molecule has 1 aromatic carbocycles. The molecule has 0 saturated carbocycles. The van der Waals surface area contributed by atoms with E-state index in [-0.39, 0.29) is 17.1 Å². The van der Waals surface area contributed by atoms with Crippen molar-refractivity contribution in [1.29, 1.82) is 0 Å². The lowest BCUT2D eigenvalue weighted by atomic mass is 9.70. The van der Waals surface area contributed by atoms with E-state index in [4.69, 9.17) is 14.8 Å². The van der Waals surface area contributed by atoms with Crippen LogP contribution >= 0.6 is 0 Å². The summed E-state index contributed by atoms with van der Waals surface area (Å²) in [4.78, 5) is 27.2. The van der Waals surface area contributed by atoms with Crippen molar-refractivity contribution in [2.24, 2.45) is 5.41 Å². The van der Waals surface area contributed by atoms with E-state index in [1.165, 1.54) is 0 Å². The molecule has 33 heavy (non-hydrogen) atoms. The molecule has 0 unspecified atom stereocenters. The standard InChI is InChI=1S/C26H23N5O2/c1-15-7-4-5-9-17(15)23-29-24-22-20(16-8-6-10-27-13-16)21-18(32)11-26(2,3)12-19(21)33-25(22)28-14-31(24)30-23/h4-10,13-14,20H,11-12H2,1-3H3/t20-/m1/s1. The summed E-state index contributed by atoms with van der Waals surface area (Å²) < 4.78 is 7.96. The third kappa shape index (κ3) is 3.15. The minimum Gasteiger partial charge on any atom is -0.442 e. The van der Waals surface area contributed by atoms with Crippen molar-refractivity contribution in [1.82, 2.24) is 24.6 Å². The lowest BCUT2D eigenvalue weighted by molar-refractivity contribution is -0.118. The molecule has 7 heteroatoms. The van der Waals surface area contributed by atoms with Crippen LogP contribution in [0, 0.1) is 12.3 Å². The highest BCUT2D eigenvalue weighted by Gasteiger charge is 2.44. The van der Waals surface area contributed by atoms with Gasteiger partial charge < -0.3 is 4.74 Å². The molecule has 3 aromatic heterocycles. The number of ketones is 1. The fourth-order valence-electron chi connectivity index (χ4n) is 4.96. The van der Waals surface area contributed by atoms with E-state index >= 15 is 0 Å². The fraction of sp³-hybridized carbons (Fsp3) is 0.269. The molecule has 4 aromatic rings. The van der Waals surface area contributed by atoms with Gasteiger partial charge >= 0.3 is 0 Å². The first-order chi connectivity index (χ1) is 15.9. The van der Waals surface area contributed by atoms with Gasteiger partial charge in [0, 0.05) is 36.4 Å². The molecule has 1 aliphatic carbocycles. The van der Waals surface area contributed by atoms with Gasteiger partial charge in [-0.1, -0.05) is 44.2 Å². The fourth-order valence-corrected chi connectivity index (χ4v) is 4.96. The van der Waals surface area contributed by atoms with Gasteiger partial charge in [0.1, 0.15) is 12.1 Å². The van der Waals surface area contributed by atoms with E-state index in [0.29, 0.717) is 41.5 Å². The number of carbonyl (C=O) groups excluding carboxylic acids is 1. The van der Waals surface area contributed by atoms with Crippen LogP contribution in [-0.4, -0.2) is 30.3 Å². The van der Waals surface area contributed by atoms with Crippen molar-refractivity contribution in [2.45, 2.75) is 39.5 Å². The first kappa shape index (κ1) is 19.8. The van der Waals surface area contributed by atoms with Gasteiger partial charge in [-0.3, -0.25) is 9.78 Å². The topological polar surface area (TPSA) is 82.3 Å². The van der Waals surface area contributed by atoms with Gasteiger partial charge in [0.2, 0.25) is 5.88 Å². The predicted octanol–water partition coefficient (Wildman–Crippen LogP) is 4.66. The lowest BCUT2D eigenvalue weighted by Gasteiger charge is -2.37. The summed E-state index contributed by atoms with van der Waals surface area (Å²) in [5.74, 6) is 1.54. The molecule has 0 saturated heterocycles. The summed E-state index contributed by atoms with van der Waals surface area (Å²) in [5, 5.41) is 4.70. The van der Waals surface area contributed by atoms with Crippen molar-refractivity contribution < 1.29 is 9.53 Å². The first-order valence-corrected chi connectivity index (χ1v) is 11.1. The van der Waals surface area contributed by atoms with Gasteiger partial charge in [-0.25, -0.2) is 14.5 Å². The SMILES string of the molecule is Cc1ccccc1-c1nc2c3c(ncn2n1)OC1=C(C(=O)CC(C)(C)C1)[C@H]3c1cccnc1. The normalized spacial score (nSPS) is 19.2. The molecule has 0 N–H and O–H groups in total. The average Bonchev–Trinajstić information content (AvgIpc) is 3.22. The summed E-state index contributed by atoms with van der Waals surface area (Å²) in [6.07, 6.45) is 6.32. The van der Waals surface area contributed by atoms with Gasteiger partial charge in [-0.2, -0.15) is 0 Å². The molecular weight excluding hydrogens is 414 g/mol. The van der Waals surface area contributed by atoms with Crippen molar-refractivity contribution in [2.75, 3.05) is 0 Å². The Kier molecular flexibility index (Phi) is 4.24. The summed E-state index contributed by atoms with van der Waals surface area (Å²) >= 11 is 0. The molecule has 6 rings (SSSR count). The predicted molar refractivity (Wildman–Crippen MR) is 123 cm³/mol. The van der Waals surface area contributed by atoms with Crippen LogP contribution in [0.4, 0.5) is 0 Å². The van der Waals surface area contributed by atoms with Crippen molar-refractivity contribution in [3.63, 3.8) is 0 Å². The molecule has 0 bridgehead atoms. The maximum Gasteiger partial charge on any atom is 0.228 e. The summed E-state index contributed by atoms with van der Waals surface area (Å²) in [6.45, 7) is 6.22. The van der Waals surface area contributed by atoms with Crippen LogP contribution in [0.25, 0.3) is 17.0 Å². The Balaban J connectivity index is 1.61. The molecule has 7 nitrogen and oxygen atoms in total. The van der Waals surface area contributed by atoms with Gasteiger partial charge in [-0.15, -0.1) is 5.10 Å². The zero-order chi connectivity index (χ0) is 22.7. The van der Waals surface area contributed by atoms with Crippen LogP contribution in [0.1, 0.15) is 49.3 Å². The van der Waals surface area contributed by atoms with Crippen molar-refractivity contribution in [3.8, 4) is 17.3 Å². The van der Waals surface area contributed by atoms with Crippen LogP contribution in [0.3, 0.4) is 0 Å². The maximum atomic E-state index is 13.4. The summed E-state index contributed by atoms with van der Waals surface area (Å²) in [5.41, 5.74) is 4.87. The number of benzene rings is 1. The molecule has 1 aliphatic heterocycles. The Bertz CT molecular complexity index is 1450. The van der Waals surface area contributed by atoms with Crippen molar-refractivity contribution >= 4 is 11.4 Å². The molecule has 2 aliphatic rings. The Morgan fingerprint density at radius 2 is 1.97 bits per heavy atom. The molecule has 1 atom stereocenters. The molecule has 4 heterocycles. The molecule has 0 fully saturated rings. The lowest BCUT2D eigenvalue weighted by Crippen LogP contribution is -2.33. The monoisotopic (exact) mass is 437 g/mol. The number of aryl methyl sites for hydroxylation is 1. The molecule has 0 amide bonds. The van der Waals surface area contributed by atoms with E-state index in [0.717, 1.165) is 22.3 Å². The highest BCUT2D eigenvalue weighted by Crippen LogP contribution is 2.50. The molecule has 0 spiro atoms. The first-order valence-electron chi connectivity index (χ1n) is 11.1. The van der Waals surface area contributed by atoms with Gasteiger partial charge in [0.15, 0.2) is 17.3 Å². The molecule has 164 valence electrons. The van der Waals surface area contributed by atoms with Crippen LogP contribution in [-0.2, 0) is 4.79 Å². The molecular formula is C26H23N5O2. The average molecular weight is 438 g/mol. The number of nitrogens with zero attached hydrogens (tertiary/aromatic N) is 5. The maximum absolute atomic E-state index is 13.4. The smallest absolute Gasteiger partial charge is 0.228 e. The summed E-state index contributed by atoms with van der Waals surface area (Å²) in [7, 11) is 0. The Labute approximate surface area is 191 Å². The zero-order valence-electron chi connectivity index (χ0n) is 18.7. The van der Waals surface area contributed by atoms with Crippen LogP contribution in [0.2, 0.25) is 0 Å². The van der Waals surface area contributed by atoms with Gasteiger partial charge in [0.05, 0.1) is 11.5 Å². The van der Waals surface area contributed by atoms with E-state index < -0.39 is 0 Å². The van der Waals surface area contributed by atoms with E-state index in [1.807, 2.05) is 43.3 Å². The number of pyridine rings is 1. The zero-order valence-corrected chi connectivity index (χ0v) is 18.7. The van der Waals surface area contributed by atoms with Crippen LogP contribution in [0.5, 0.6) is 5.88 Å². The number of ether oxygens (including phenoxy) is 1. The number of Topliss-reactive ketones (excluding diaryl/α,β-unsaturated/α-hetero) is 1. The van der Waals surface area contributed by atoms with Crippen LogP contribution in [0.15, 0.2) is 66.5 Å².